The van der Waals surface area contributed by atoms with Crippen molar-refractivity contribution in [3.63, 3.8) is 0 Å². The fourth-order valence-electron chi connectivity index (χ4n) is 0. The molecule has 21 valence electrons. The van der Waals surface area contributed by atoms with E-state index in [9.17, 15) is 0 Å². The summed E-state index contributed by atoms with van der Waals surface area (Å²) in [6.07, 6.45) is 0. The second-order valence-electron chi connectivity index (χ2n) is 0.200. The zero-order valence-electron chi connectivity index (χ0n) is 1.89. The molecule has 0 bridgehead atoms. The summed E-state index contributed by atoms with van der Waals surface area (Å²) >= 11 is 0. The Kier molecular flexibility index (Phi) is 1.76. The molecule has 4 nitrogen and oxygen atoms in total. The number of rotatable bonds is 1. The maximum absolute atomic E-state index is 5.72. The molecule has 0 atom stereocenters. The van der Waals surface area contributed by atoms with Crippen LogP contribution in [0.2, 0.25) is 0 Å². The van der Waals surface area contributed by atoms with Gasteiger partial charge in [-0.05, 0) is 0 Å². The molecule has 0 amide bonds. The molecule has 0 aliphatic heterocycles. The maximum Gasteiger partial charge on any atom is 0.202 e. The molecule has 0 aromatic heterocycles. The third-order valence-electron chi connectivity index (χ3n) is 0.0500. The van der Waals surface area contributed by atoms with Crippen LogP contribution in [0.3, 0.4) is 0 Å². The Morgan fingerprint density at radius 1 is 1.75 bits per heavy atom. The fourth-order valence-corrected chi connectivity index (χ4v) is 0. The van der Waals surface area contributed by atoms with Gasteiger partial charge in [-0.15, -0.1) is 0 Å². The summed E-state index contributed by atoms with van der Waals surface area (Å²) in [5.74, 6) is 0. The Balaban J connectivity index is 2.73. The Labute approximate surface area is 22.8 Å². The largest absolute Gasteiger partial charge is 0.202 e. The van der Waals surface area contributed by atoms with Crippen molar-refractivity contribution < 1.29 is 0 Å². The van der Waals surface area contributed by atoms with E-state index in [2.05, 4.69) is 10.4 Å². The highest BCUT2D eigenvalue weighted by Gasteiger charge is 1.52. The Hall–Kier alpha value is -0.800. The summed E-state index contributed by atoms with van der Waals surface area (Å²) < 4.78 is 0. The average molecular weight is 58.0 g/mol. The predicted octanol–water partition coefficient (Wildman–Crippen LogP) is 0.299. The molecule has 0 rings (SSSR count). The van der Waals surface area contributed by atoms with E-state index in [1.165, 1.54) is 0 Å². The molecule has 0 spiro atoms. The first-order valence-electron chi connectivity index (χ1n) is 0.647. The zero-order chi connectivity index (χ0) is 3.41. The van der Waals surface area contributed by atoms with E-state index in [-0.39, 0.29) is 0 Å². The van der Waals surface area contributed by atoms with E-state index in [1.807, 2.05) is 0 Å². The summed E-state index contributed by atoms with van der Waals surface area (Å²) in [4.78, 5) is 0. The minimum absolute atomic E-state index is 2.28. The molecule has 0 heterocycles. The lowest BCUT2D eigenvalue weighted by atomic mass is 12.6. The van der Waals surface area contributed by atoms with Crippen molar-refractivity contribution in [2.45, 2.75) is 0 Å². The summed E-state index contributed by atoms with van der Waals surface area (Å²) in [5, 5.41) is 4.56. The molecule has 0 saturated carbocycles. The van der Waals surface area contributed by atoms with E-state index < -0.39 is 0 Å². The van der Waals surface area contributed by atoms with Crippen LogP contribution in [0.4, 0.5) is 0 Å². The Morgan fingerprint density at radius 2 is 2.00 bits per heavy atom. The molecule has 0 saturated heterocycles. The van der Waals surface area contributed by atoms with Crippen molar-refractivity contribution in [1.82, 2.24) is 5.22 Å². The second kappa shape index (κ2) is 2.20. The van der Waals surface area contributed by atoms with E-state index in [0.717, 1.165) is 0 Å². The van der Waals surface area contributed by atoms with Gasteiger partial charge in [-0.2, -0.15) is 0 Å². The van der Waals surface area contributed by atoms with Crippen molar-refractivity contribution >= 4 is 0 Å². The first-order chi connectivity index (χ1) is 1.91. The maximum atomic E-state index is 5.72. The first kappa shape index (κ1) is 3.20. The van der Waals surface area contributed by atoms with Crippen molar-refractivity contribution in [1.29, 1.82) is 11.1 Å². The smallest absolute Gasteiger partial charge is 0.0652 e. The van der Waals surface area contributed by atoms with Crippen LogP contribution in [0.5, 0.6) is 0 Å². The molecule has 0 aliphatic rings. The summed E-state index contributed by atoms with van der Waals surface area (Å²) in [5.41, 5.74) is 11.4. The summed E-state index contributed by atoms with van der Waals surface area (Å²) in [7, 11) is 0. The van der Waals surface area contributed by atoms with E-state index in [0.29, 0.717) is 0 Å². The van der Waals surface area contributed by atoms with Gasteiger partial charge in [-0.25, -0.2) is 0 Å². The molecule has 1 radical (unpaired) electrons. The predicted molar refractivity (Wildman–Crippen MR) is 10.0 cm³/mol. The first-order valence-corrected chi connectivity index (χ1v) is 0.647. The molecule has 0 unspecified atom stereocenters. The number of hydrogen-bond acceptors (Lipinski definition) is 2. The SMILES string of the molecule is N=N[N+]=N. The van der Waals surface area contributed by atoms with E-state index >= 15 is 0 Å². The van der Waals surface area contributed by atoms with E-state index in [4.69, 9.17) is 11.1 Å². The lowest BCUT2D eigenvalue weighted by Crippen LogP contribution is -1.51. The highest BCUT2D eigenvalue weighted by molar-refractivity contribution is 3.57. The Bertz CT molecular complexity index is 21.0. The lowest BCUT2D eigenvalue weighted by Gasteiger charge is -1.22. The minimum atomic E-state index is 2.28. The fraction of sp³-hybridized carbons (Fsp3) is 0. The third-order valence-corrected chi connectivity index (χ3v) is 0.0500. The molecule has 0 aromatic carbocycles. The van der Waals surface area contributed by atoms with Crippen LogP contribution in [0, 0.1) is 11.1 Å². The normalized spacial score (nSPS) is 5.00. The highest BCUT2D eigenvalue weighted by atomic mass is 15.4. The molecule has 2 N–H and O–H groups in total. The summed E-state index contributed by atoms with van der Waals surface area (Å²) in [6, 6.07) is 0. The van der Waals surface area contributed by atoms with Crippen LogP contribution in [-0.4, -0.2) is 0 Å². The highest BCUT2D eigenvalue weighted by Crippen LogP contribution is 1.31. The lowest BCUT2D eigenvalue weighted by molar-refractivity contribution is 0.766. The van der Waals surface area contributed by atoms with Crippen LogP contribution in [0.15, 0.2) is 5.22 Å². The Morgan fingerprint density at radius 3 is 2.00 bits per heavy atom. The van der Waals surface area contributed by atoms with Gasteiger partial charge in [0.25, 0.3) is 0 Å². The number of nitrogens with zero attached hydrogens (tertiary/aromatic N) is 2. The number of nitrogens with one attached hydrogen (secondary N) is 2. The van der Waals surface area contributed by atoms with Crippen molar-refractivity contribution in [3.05, 3.63) is 0 Å². The monoisotopic (exact) mass is 58.0 g/mol. The van der Waals surface area contributed by atoms with Crippen LogP contribution in [0.1, 0.15) is 0 Å². The molecule has 0 fully saturated rings. The number of hydrogen-bond donors (Lipinski definition) is 2. The molecule has 4 heteroatoms. The van der Waals surface area contributed by atoms with E-state index in [1.54, 1.807) is 0 Å². The molecular formula is H2N4+. The van der Waals surface area contributed by atoms with Crippen LogP contribution in [0.25, 0.3) is 0 Å². The quantitative estimate of drug-likeness (QED) is 0.321. The van der Waals surface area contributed by atoms with Gasteiger partial charge >= 0.3 is 0 Å². The molecule has 0 aliphatic carbocycles. The molecular weight excluding hydrogens is 56.0 g/mol. The third kappa shape index (κ3) is 1.20. The van der Waals surface area contributed by atoms with Gasteiger partial charge in [-0.1, -0.05) is 5.53 Å². The average Bonchev–Trinajstić information content (AvgIpc) is 1.37. The van der Waals surface area contributed by atoms with Gasteiger partial charge in [0.15, 0.2) is 5.22 Å². The second-order valence-corrected chi connectivity index (χ2v) is 0.200. The van der Waals surface area contributed by atoms with Crippen molar-refractivity contribution in [2.75, 3.05) is 0 Å². The van der Waals surface area contributed by atoms with Crippen LogP contribution in [-0.2, 0) is 0 Å². The van der Waals surface area contributed by atoms with Crippen LogP contribution < -0.4 is 5.22 Å². The standard InChI is InChI=1S/H2N4/c1-3-4-2/h1-2H/q+1. The van der Waals surface area contributed by atoms with Gasteiger partial charge < -0.3 is 0 Å². The minimum Gasteiger partial charge on any atom is -0.0652 e. The van der Waals surface area contributed by atoms with Gasteiger partial charge in [0, 0.05) is 5.53 Å². The zero-order valence-corrected chi connectivity index (χ0v) is 1.89. The summed E-state index contributed by atoms with van der Waals surface area (Å²) in [6.45, 7) is 0. The van der Waals surface area contributed by atoms with Gasteiger partial charge in [-0.3, -0.25) is 0 Å². The van der Waals surface area contributed by atoms with Crippen LogP contribution >= 0.6 is 0 Å². The van der Waals surface area contributed by atoms with Gasteiger partial charge in [0.1, 0.15) is 0 Å². The van der Waals surface area contributed by atoms with Gasteiger partial charge in [0.05, 0.1) is 0 Å². The molecule has 0 aromatic rings. The van der Waals surface area contributed by atoms with Gasteiger partial charge in [0.2, 0.25) is 5.22 Å². The van der Waals surface area contributed by atoms with Crippen molar-refractivity contribution in [2.24, 2.45) is 5.22 Å². The molecule has 4 heavy (non-hydrogen) atoms. The van der Waals surface area contributed by atoms with Crippen molar-refractivity contribution in [3.8, 4) is 0 Å². The topological polar surface area (TPSA) is 74.2 Å².